The summed E-state index contributed by atoms with van der Waals surface area (Å²) in [4.78, 5) is 0.0702. The van der Waals surface area contributed by atoms with Crippen LogP contribution in [0.15, 0.2) is 29.2 Å². The molecule has 1 aromatic rings. The highest BCUT2D eigenvalue weighted by molar-refractivity contribution is 7.91. The van der Waals surface area contributed by atoms with Crippen LogP contribution in [0.4, 0.5) is 4.39 Å². The Morgan fingerprint density at radius 2 is 2.06 bits per heavy atom. The maximum atomic E-state index is 13.0. The number of sulfone groups is 1. The summed E-state index contributed by atoms with van der Waals surface area (Å²) in [7, 11) is -3.40. The van der Waals surface area contributed by atoms with Crippen LogP contribution < -0.4 is 5.73 Å². The van der Waals surface area contributed by atoms with Crippen molar-refractivity contribution >= 4 is 9.84 Å². The van der Waals surface area contributed by atoms with Crippen molar-refractivity contribution in [2.24, 2.45) is 11.1 Å². The standard InChI is InChI=1S/C12H16FNO2S/c13-10-2-1-3-11(8-10)17(15,16)9-12(4-5-12)6-7-14/h1-3,8H,4-7,9,14H2. The maximum Gasteiger partial charge on any atom is 0.179 e. The van der Waals surface area contributed by atoms with Crippen LogP contribution in [0.2, 0.25) is 0 Å². The minimum Gasteiger partial charge on any atom is -0.330 e. The van der Waals surface area contributed by atoms with Crippen LogP contribution in [0.25, 0.3) is 0 Å². The van der Waals surface area contributed by atoms with E-state index in [1.165, 1.54) is 18.2 Å². The van der Waals surface area contributed by atoms with Crippen LogP contribution in [0.5, 0.6) is 0 Å². The zero-order chi connectivity index (χ0) is 12.5. The Labute approximate surface area is 101 Å². The summed E-state index contributed by atoms with van der Waals surface area (Å²) in [5.41, 5.74) is 5.33. The summed E-state index contributed by atoms with van der Waals surface area (Å²) >= 11 is 0. The molecule has 1 fully saturated rings. The van der Waals surface area contributed by atoms with Crippen LogP contribution >= 0.6 is 0 Å². The fraction of sp³-hybridized carbons (Fsp3) is 0.500. The summed E-state index contributed by atoms with van der Waals surface area (Å²) in [5, 5.41) is 0. The van der Waals surface area contributed by atoms with Gasteiger partial charge in [-0.2, -0.15) is 0 Å². The molecule has 0 spiro atoms. The minimum atomic E-state index is -3.40. The second kappa shape index (κ2) is 4.38. The first-order valence-corrected chi connectivity index (χ1v) is 7.31. The van der Waals surface area contributed by atoms with E-state index < -0.39 is 15.7 Å². The summed E-state index contributed by atoms with van der Waals surface area (Å²) in [6.07, 6.45) is 2.53. The Bertz CT molecular complexity index is 509. The molecule has 5 heteroatoms. The largest absolute Gasteiger partial charge is 0.330 e. The molecular weight excluding hydrogens is 241 g/mol. The van der Waals surface area contributed by atoms with Crippen molar-refractivity contribution in [3.8, 4) is 0 Å². The molecule has 1 saturated carbocycles. The van der Waals surface area contributed by atoms with E-state index in [-0.39, 0.29) is 16.1 Å². The van der Waals surface area contributed by atoms with E-state index in [0.717, 1.165) is 25.3 Å². The molecule has 0 bridgehead atoms. The number of halogens is 1. The normalized spacial score (nSPS) is 18.0. The van der Waals surface area contributed by atoms with Crippen LogP contribution in [-0.2, 0) is 9.84 Å². The van der Waals surface area contributed by atoms with Gasteiger partial charge in [0.15, 0.2) is 9.84 Å². The first-order valence-electron chi connectivity index (χ1n) is 5.66. The van der Waals surface area contributed by atoms with Crippen molar-refractivity contribution in [1.29, 1.82) is 0 Å². The Morgan fingerprint density at radius 3 is 2.59 bits per heavy atom. The molecule has 0 amide bonds. The lowest BCUT2D eigenvalue weighted by Crippen LogP contribution is -2.20. The first-order chi connectivity index (χ1) is 7.97. The van der Waals surface area contributed by atoms with Gasteiger partial charge in [-0.25, -0.2) is 12.8 Å². The van der Waals surface area contributed by atoms with Crippen molar-refractivity contribution < 1.29 is 12.8 Å². The molecule has 1 aliphatic carbocycles. The fourth-order valence-corrected chi connectivity index (χ4v) is 4.08. The van der Waals surface area contributed by atoms with Crippen LogP contribution in [0, 0.1) is 11.2 Å². The van der Waals surface area contributed by atoms with Gasteiger partial charge >= 0.3 is 0 Å². The van der Waals surface area contributed by atoms with Gasteiger partial charge in [0.1, 0.15) is 5.82 Å². The third-order valence-electron chi connectivity index (χ3n) is 3.28. The molecule has 0 unspecified atom stereocenters. The molecule has 94 valence electrons. The topological polar surface area (TPSA) is 60.2 Å². The van der Waals surface area contributed by atoms with Gasteiger partial charge < -0.3 is 5.73 Å². The molecular formula is C12H16FNO2S. The summed E-state index contributed by atoms with van der Waals surface area (Å²) < 4.78 is 37.2. The van der Waals surface area contributed by atoms with Gasteiger partial charge in [0.25, 0.3) is 0 Å². The number of hydrogen-bond acceptors (Lipinski definition) is 3. The number of rotatable bonds is 5. The van der Waals surface area contributed by atoms with E-state index in [4.69, 9.17) is 5.73 Å². The maximum absolute atomic E-state index is 13.0. The molecule has 0 radical (unpaired) electrons. The van der Waals surface area contributed by atoms with E-state index in [9.17, 15) is 12.8 Å². The highest BCUT2D eigenvalue weighted by atomic mass is 32.2. The van der Waals surface area contributed by atoms with Crippen LogP contribution in [-0.4, -0.2) is 20.7 Å². The molecule has 0 aliphatic heterocycles. The summed E-state index contributed by atoms with van der Waals surface area (Å²) in [6, 6.07) is 5.18. The van der Waals surface area contributed by atoms with Crippen LogP contribution in [0.1, 0.15) is 19.3 Å². The molecule has 2 rings (SSSR count). The summed E-state index contributed by atoms with van der Waals surface area (Å²) in [6.45, 7) is 0.499. The number of benzene rings is 1. The third kappa shape index (κ3) is 2.84. The molecule has 3 nitrogen and oxygen atoms in total. The Balaban J connectivity index is 2.20. The van der Waals surface area contributed by atoms with Gasteiger partial charge in [-0.3, -0.25) is 0 Å². The second-order valence-electron chi connectivity index (χ2n) is 4.76. The van der Waals surface area contributed by atoms with E-state index in [1.54, 1.807) is 0 Å². The van der Waals surface area contributed by atoms with Gasteiger partial charge in [0.05, 0.1) is 10.6 Å². The van der Waals surface area contributed by atoms with Gasteiger partial charge in [-0.05, 0) is 49.4 Å². The van der Waals surface area contributed by atoms with Crippen molar-refractivity contribution in [1.82, 2.24) is 0 Å². The minimum absolute atomic E-state index is 0.0702. The average molecular weight is 257 g/mol. The van der Waals surface area contributed by atoms with Gasteiger partial charge in [-0.1, -0.05) is 6.07 Å². The number of nitrogens with two attached hydrogens (primary N) is 1. The molecule has 0 aromatic heterocycles. The highest BCUT2D eigenvalue weighted by Gasteiger charge is 2.45. The smallest absolute Gasteiger partial charge is 0.179 e. The number of hydrogen-bond donors (Lipinski definition) is 1. The van der Waals surface area contributed by atoms with Crippen LogP contribution in [0.3, 0.4) is 0 Å². The molecule has 1 aromatic carbocycles. The van der Waals surface area contributed by atoms with Gasteiger partial charge in [0, 0.05) is 0 Å². The van der Waals surface area contributed by atoms with E-state index in [1.807, 2.05) is 0 Å². The second-order valence-corrected chi connectivity index (χ2v) is 6.74. The third-order valence-corrected chi connectivity index (χ3v) is 5.25. The molecule has 2 N–H and O–H groups in total. The quantitative estimate of drug-likeness (QED) is 0.874. The molecule has 17 heavy (non-hydrogen) atoms. The summed E-state index contributed by atoms with van der Waals surface area (Å²) in [5.74, 6) is -0.435. The molecule has 0 heterocycles. The lowest BCUT2D eigenvalue weighted by atomic mass is 10.1. The lowest BCUT2D eigenvalue weighted by Gasteiger charge is -2.14. The molecule has 0 atom stereocenters. The zero-order valence-corrected chi connectivity index (χ0v) is 10.3. The molecule has 1 aliphatic rings. The SMILES string of the molecule is NCCC1(CS(=O)(=O)c2cccc(F)c2)CC1. The van der Waals surface area contributed by atoms with E-state index >= 15 is 0 Å². The first kappa shape index (κ1) is 12.5. The van der Waals surface area contributed by atoms with E-state index in [2.05, 4.69) is 0 Å². The molecule has 0 saturated heterocycles. The monoisotopic (exact) mass is 257 g/mol. The van der Waals surface area contributed by atoms with Crippen molar-refractivity contribution in [2.75, 3.05) is 12.3 Å². The van der Waals surface area contributed by atoms with Crippen molar-refractivity contribution in [2.45, 2.75) is 24.2 Å². The highest BCUT2D eigenvalue weighted by Crippen LogP contribution is 2.50. The lowest BCUT2D eigenvalue weighted by molar-refractivity contribution is 0.510. The van der Waals surface area contributed by atoms with Crippen molar-refractivity contribution in [3.05, 3.63) is 30.1 Å². The zero-order valence-electron chi connectivity index (χ0n) is 9.52. The predicted octanol–water partition coefficient (Wildman–Crippen LogP) is 1.73. The van der Waals surface area contributed by atoms with Gasteiger partial charge in [-0.15, -0.1) is 0 Å². The fourth-order valence-electron chi connectivity index (χ4n) is 2.10. The predicted molar refractivity (Wildman–Crippen MR) is 63.8 cm³/mol. The average Bonchev–Trinajstić information content (AvgIpc) is 2.97. The Hall–Kier alpha value is -0.940. The van der Waals surface area contributed by atoms with E-state index in [0.29, 0.717) is 6.54 Å². The Kier molecular flexibility index (Phi) is 3.23. The van der Waals surface area contributed by atoms with Gasteiger partial charge in [0.2, 0.25) is 0 Å². The van der Waals surface area contributed by atoms with Crippen molar-refractivity contribution in [3.63, 3.8) is 0 Å². The Morgan fingerprint density at radius 1 is 1.35 bits per heavy atom.